The molecular weight excluding hydrogens is 412 g/mol. The molecular formula is C18H12N6O5S. The summed E-state index contributed by atoms with van der Waals surface area (Å²) in [5.74, 6) is -3.32. The molecule has 3 amide bonds. The minimum atomic E-state index is -2.07. The Morgan fingerprint density at radius 1 is 1.17 bits per heavy atom. The average Bonchev–Trinajstić information content (AvgIpc) is 3.25. The lowest BCUT2D eigenvalue weighted by atomic mass is 10.1. The van der Waals surface area contributed by atoms with E-state index >= 15 is 0 Å². The molecule has 1 saturated heterocycles. The van der Waals surface area contributed by atoms with Gasteiger partial charge in [0.05, 0.1) is 21.7 Å². The first kappa shape index (κ1) is 19.1. The van der Waals surface area contributed by atoms with Gasteiger partial charge in [-0.1, -0.05) is 24.3 Å². The number of hydrogen-bond acceptors (Lipinski definition) is 8. The van der Waals surface area contributed by atoms with E-state index in [0.29, 0.717) is 16.6 Å². The third-order valence-corrected chi connectivity index (χ3v) is 5.09. The highest BCUT2D eigenvalue weighted by Gasteiger charge is 2.43. The largest absolute Gasteiger partial charge is 0.366 e. The predicted molar refractivity (Wildman–Crippen MR) is 107 cm³/mol. The molecule has 1 aliphatic heterocycles. The Kier molecular flexibility index (Phi) is 4.90. The number of carbonyl (C=O) groups is 3. The Balaban J connectivity index is 1.62. The highest BCUT2D eigenvalue weighted by atomic mass is 32.1. The molecule has 0 saturated carbocycles. The quantitative estimate of drug-likeness (QED) is 0.320. The van der Waals surface area contributed by atoms with Crippen LogP contribution in [0.2, 0.25) is 0 Å². The molecule has 1 aromatic carbocycles. The Labute approximate surface area is 172 Å². The Bertz CT molecular complexity index is 1200. The molecule has 0 aliphatic carbocycles. The molecule has 3 heterocycles. The molecule has 150 valence electrons. The van der Waals surface area contributed by atoms with Gasteiger partial charge in [-0.2, -0.15) is 0 Å². The summed E-state index contributed by atoms with van der Waals surface area (Å²) < 4.78 is 0. The smallest absolute Gasteiger partial charge is 0.288 e. The van der Waals surface area contributed by atoms with Crippen molar-refractivity contribution in [3.05, 3.63) is 63.5 Å². The van der Waals surface area contributed by atoms with Crippen molar-refractivity contribution in [3.63, 3.8) is 0 Å². The van der Waals surface area contributed by atoms with E-state index in [2.05, 4.69) is 26.1 Å². The van der Waals surface area contributed by atoms with Crippen LogP contribution >= 0.6 is 11.3 Å². The maximum atomic E-state index is 12.8. The van der Waals surface area contributed by atoms with E-state index in [1.165, 1.54) is 11.3 Å². The van der Waals surface area contributed by atoms with Gasteiger partial charge in [-0.25, -0.2) is 10.4 Å². The molecule has 4 rings (SSSR count). The van der Waals surface area contributed by atoms with Crippen LogP contribution in [0.5, 0.6) is 0 Å². The monoisotopic (exact) mass is 424 g/mol. The maximum absolute atomic E-state index is 12.8. The number of nitrogens with zero attached hydrogens (tertiary/aromatic N) is 3. The van der Waals surface area contributed by atoms with Gasteiger partial charge < -0.3 is 0 Å². The van der Waals surface area contributed by atoms with Gasteiger partial charge in [0.25, 0.3) is 5.91 Å². The summed E-state index contributed by atoms with van der Waals surface area (Å²) in [5.41, 5.74) is 3.74. The van der Waals surface area contributed by atoms with Gasteiger partial charge in [-0.3, -0.25) is 35.1 Å². The molecule has 2 aromatic heterocycles. The number of nitrogens with one attached hydrogen (secondary N) is 3. The second-order valence-electron chi connectivity index (χ2n) is 6.12. The van der Waals surface area contributed by atoms with Crippen LogP contribution in [-0.4, -0.2) is 39.6 Å². The van der Waals surface area contributed by atoms with E-state index in [0.717, 1.165) is 4.88 Å². The molecule has 0 radical (unpaired) electrons. The zero-order valence-corrected chi connectivity index (χ0v) is 15.8. The Morgan fingerprint density at radius 3 is 2.57 bits per heavy atom. The standard InChI is InChI=1S/C18H12N6O5S/c25-15(22-23-18-20-16(26)14(24(28)29)17(27)21-18)10-8-12(13-6-3-7-30-13)19-11-5-2-1-4-9(10)11/h1-8,14H,(H,22,25)(H2,20,21,23,26,27). The van der Waals surface area contributed by atoms with Crippen LogP contribution in [0.3, 0.4) is 0 Å². The Hall–Kier alpha value is -4.19. The van der Waals surface area contributed by atoms with Crippen molar-refractivity contribution in [2.75, 3.05) is 0 Å². The van der Waals surface area contributed by atoms with Gasteiger partial charge in [0, 0.05) is 10.3 Å². The third-order valence-electron chi connectivity index (χ3n) is 4.19. The number of hydrogen-bond donors (Lipinski definition) is 3. The van der Waals surface area contributed by atoms with Crippen molar-refractivity contribution >= 4 is 45.9 Å². The second kappa shape index (κ2) is 7.67. The summed E-state index contributed by atoms with van der Waals surface area (Å²) in [7, 11) is 0. The fourth-order valence-electron chi connectivity index (χ4n) is 2.85. The molecule has 0 spiro atoms. The van der Waals surface area contributed by atoms with E-state index in [9.17, 15) is 24.5 Å². The molecule has 0 atom stereocenters. The van der Waals surface area contributed by atoms with E-state index in [-0.39, 0.29) is 5.56 Å². The number of carbonyl (C=O) groups excluding carboxylic acids is 3. The molecule has 3 N–H and O–H groups in total. The van der Waals surface area contributed by atoms with Crippen LogP contribution in [0.25, 0.3) is 21.5 Å². The molecule has 3 aromatic rings. The fraction of sp³-hybridized carbons (Fsp3) is 0.0556. The van der Waals surface area contributed by atoms with Gasteiger partial charge in [0.15, 0.2) is 0 Å². The summed E-state index contributed by atoms with van der Waals surface area (Å²) in [4.78, 5) is 51.4. The van der Waals surface area contributed by atoms with Crippen molar-refractivity contribution in [1.82, 2.24) is 21.0 Å². The first-order valence-corrected chi connectivity index (χ1v) is 9.39. The normalized spacial score (nSPS) is 16.0. The molecule has 0 bridgehead atoms. The van der Waals surface area contributed by atoms with Crippen LogP contribution in [0.1, 0.15) is 10.4 Å². The number of nitro groups is 1. The van der Waals surface area contributed by atoms with E-state index < -0.39 is 34.6 Å². The number of rotatable bonds is 4. The number of hydrazone groups is 1. The van der Waals surface area contributed by atoms with Gasteiger partial charge in [-0.05, 0) is 23.6 Å². The molecule has 1 fully saturated rings. The van der Waals surface area contributed by atoms with Crippen molar-refractivity contribution in [2.24, 2.45) is 5.10 Å². The van der Waals surface area contributed by atoms with Gasteiger partial charge in [-0.15, -0.1) is 16.4 Å². The van der Waals surface area contributed by atoms with E-state index in [4.69, 9.17) is 0 Å². The number of fused-ring (bicyclic) bond motifs is 1. The molecule has 0 unspecified atom stereocenters. The van der Waals surface area contributed by atoms with Gasteiger partial charge >= 0.3 is 17.9 Å². The maximum Gasteiger partial charge on any atom is 0.366 e. The number of pyridine rings is 1. The lowest BCUT2D eigenvalue weighted by Gasteiger charge is -2.17. The van der Waals surface area contributed by atoms with Crippen molar-refractivity contribution < 1.29 is 19.3 Å². The van der Waals surface area contributed by atoms with E-state index in [1.807, 2.05) is 17.5 Å². The molecule has 1 aliphatic rings. The van der Waals surface area contributed by atoms with Gasteiger partial charge in [0.1, 0.15) is 0 Å². The third kappa shape index (κ3) is 3.58. The summed E-state index contributed by atoms with van der Waals surface area (Å²) in [6.07, 6.45) is 0. The predicted octanol–water partition coefficient (Wildman–Crippen LogP) is 0.855. The van der Waals surface area contributed by atoms with Crippen LogP contribution in [0.4, 0.5) is 0 Å². The minimum absolute atomic E-state index is 0.282. The zero-order valence-electron chi connectivity index (χ0n) is 15.0. The number of guanidine groups is 1. The van der Waals surface area contributed by atoms with Crippen LogP contribution < -0.4 is 16.1 Å². The van der Waals surface area contributed by atoms with Crippen molar-refractivity contribution in [1.29, 1.82) is 0 Å². The van der Waals surface area contributed by atoms with Crippen molar-refractivity contribution in [2.45, 2.75) is 6.04 Å². The number of aromatic nitrogens is 1. The number of amides is 3. The second-order valence-corrected chi connectivity index (χ2v) is 7.06. The first-order valence-electron chi connectivity index (χ1n) is 8.51. The molecule has 12 heteroatoms. The van der Waals surface area contributed by atoms with Crippen LogP contribution in [0, 0.1) is 10.1 Å². The lowest BCUT2D eigenvalue weighted by molar-refractivity contribution is -0.494. The Morgan fingerprint density at radius 2 is 1.90 bits per heavy atom. The fourth-order valence-corrected chi connectivity index (χ4v) is 3.53. The summed E-state index contributed by atoms with van der Waals surface area (Å²) in [6, 6.07) is 10.4. The van der Waals surface area contributed by atoms with Crippen LogP contribution in [-0.2, 0) is 9.59 Å². The SMILES string of the molecule is O=C(NN=C1NC(=O)C([N+](=O)[O-])C(=O)N1)c1cc(-c2cccs2)nc2ccccc12. The first-order chi connectivity index (χ1) is 14.4. The topological polar surface area (TPSA) is 156 Å². The number of benzene rings is 1. The number of para-hydroxylation sites is 1. The van der Waals surface area contributed by atoms with E-state index in [1.54, 1.807) is 30.3 Å². The minimum Gasteiger partial charge on any atom is -0.288 e. The zero-order chi connectivity index (χ0) is 21.3. The lowest BCUT2D eigenvalue weighted by Crippen LogP contribution is -2.62. The summed E-state index contributed by atoms with van der Waals surface area (Å²) in [6.45, 7) is 0. The van der Waals surface area contributed by atoms with Crippen LogP contribution in [0.15, 0.2) is 52.9 Å². The average molecular weight is 424 g/mol. The highest BCUT2D eigenvalue weighted by molar-refractivity contribution is 7.13. The summed E-state index contributed by atoms with van der Waals surface area (Å²) in [5, 5.41) is 21.0. The van der Waals surface area contributed by atoms with Gasteiger partial charge in [0.2, 0.25) is 5.96 Å². The number of thiophene rings is 1. The highest BCUT2D eigenvalue weighted by Crippen LogP contribution is 2.27. The summed E-state index contributed by atoms with van der Waals surface area (Å²) >= 11 is 1.47. The molecule has 11 nitrogen and oxygen atoms in total. The molecule has 30 heavy (non-hydrogen) atoms. The van der Waals surface area contributed by atoms with Crippen molar-refractivity contribution in [3.8, 4) is 10.6 Å².